The van der Waals surface area contributed by atoms with Crippen LogP contribution in [-0.2, 0) is 11.2 Å². The van der Waals surface area contributed by atoms with E-state index in [4.69, 9.17) is 4.74 Å². The Labute approximate surface area is 119 Å². The zero-order valence-electron chi connectivity index (χ0n) is 12.1. The van der Waals surface area contributed by atoms with Gasteiger partial charge in [0.1, 0.15) is 0 Å². The number of pyridine rings is 1. The molecule has 0 N–H and O–H groups in total. The van der Waals surface area contributed by atoms with Crippen molar-refractivity contribution in [2.45, 2.75) is 38.9 Å². The van der Waals surface area contributed by atoms with Gasteiger partial charge in [-0.3, -0.25) is 4.98 Å². The summed E-state index contributed by atoms with van der Waals surface area (Å²) in [5.41, 5.74) is 4.93. The van der Waals surface area contributed by atoms with Gasteiger partial charge >= 0.3 is 0 Å². The molecule has 1 aromatic heterocycles. The predicted octanol–water partition coefficient (Wildman–Crippen LogP) is 3.08. The third kappa shape index (κ3) is 1.88. The lowest BCUT2D eigenvalue weighted by molar-refractivity contribution is -0.133. The number of anilines is 1. The maximum Gasteiger partial charge on any atom is 0.0780 e. The molecular formula is C17H20N2O. The molecule has 0 saturated carbocycles. The van der Waals surface area contributed by atoms with Gasteiger partial charge in [-0.25, -0.2) is 0 Å². The minimum Gasteiger partial charge on any atom is -0.371 e. The first-order valence-corrected chi connectivity index (χ1v) is 7.53. The van der Waals surface area contributed by atoms with Crippen molar-refractivity contribution in [3.8, 4) is 0 Å². The topological polar surface area (TPSA) is 25.4 Å². The van der Waals surface area contributed by atoms with Crippen LogP contribution in [0.1, 0.15) is 24.6 Å². The minimum atomic E-state index is 0.450. The summed E-state index contributed by atoms with van der Waals surface area (Å²) in [6, 6.07) is 8.89. The van der Waals surface area contributed by atoms with E-state index < -0.39 is 0 Å². The molecule has 3 fully saturated rings. The molecule has 2 bridgehead atoms. The van der Waals surface area contributed by atoms with Gasteiger partial charge < -0.3 is 9.64 Å². The molecule has 2 atom stereocenters. The summed E-state index contributed by atoms with van der Waals surface area (Å²) < 4.78 is 5.72. The smallest absolute Gasteiger partial charge is 0.0780 e. The maximum absolute atomic E-state index is 5.72. The van der Waals surface area contributed by atoms with Gasteiger partial charge in [-0.2, -0.15) is 0 Å². The van der Waals surface area contributed by atoms with Crippen molar-refractivity contribution in [2.75, 3.05) is 18.0 Å². The molecule has 4 heterocycles. The standard InChI is InChI=1S/C17H20N2O/c1-3-12-6-11(2)18-17-5-4-13(7-16(12)17)19-9-14-8-15(10-19)20-14/h4-7,14-15H,3,8-10H2,1-2H3. The molecule has 0 radical (unpaired) electrons. The summed E-state index contributed by atoms with van der Waals surface area (Å²) in [7, 11) is 0. The van der Waals surface area contributed by atoms with Gasteiger partial charge in [0, 0.05) is 36.3 Å². The summed E-state index contributed by atoms with van der Waals surface area (Å²) in [5, 5.41) is 1.30. The van der Waals surface area contributed by atoms with Gasteiger partial charge in [-0.15, -0.1) is 0 Å². The van der Waals surface area contributed by atoms with Crippen LogP contribution in [-0.4, -0.2) is 30.3 Å². The van der Waals surface area contributed by atoms with Crippen molar-refractivity contribution in [3.63, 3.8) is 0 Å². The zero-order chi connectivity index (χ0) is 13.7. The van der Waals surface area contributed by atoms with Crippen molar-refractivity contribution in [1.29, 1.82) is 0 Å². The first kappa shape index (κ1) is 12.2. The number of piperidine rings is 1. The lowest BCUT2D eigenvalue weighted by atomic mass is 9.97. The van der Waals surface area contributed by atoms with Crippen molar-refractivity contribution >= 4 is 16.6 Å². The van der Waals surface area contributed by atoms with Gasteiger partial charge in [-0.1, -0.05) is 6.92 Å². The molecule has 3 saturated heterocycles. The zero-order valence-corrected chi connectivity index (χ0v) is 12.1. The fourth-order valence-corrected chi connectivity index (χ4v) is 3.49. The van der Waals surface area contributed by atoms with Crippen LogP contribution in [0.2, 0.25) is 0 Å². The summed E-state index contributed by atoms with van der Waals surface area (Å²) >= 11 is 0. The second-order valence-electron chi connectivity index (χ2n) is 6.00. The molecule has 3 aliphatic heterocycles. The van der Waals surface area contributed by atoms with Crippen molar-refractivity contribution in [3.05, 3.63) is 35.5 Å². The fourth-order valence-electron chi connectivity index (χ4n) is 3.49. The Morgan fingerprint density at radius 3 is 2.70 bits per heavy atom. The lowest BCUT2D eigenvalue weighted by Gasteiger charge is -2.48. The van der Waals surface area contributed by atoms with Crippen molar-refractivity contribution < 1.29 is 4.74 Å². The normalized spacial score (nSPS) is 24.8. The van der Waals surface area contributed by atoms with E-state index in [1.165, 1.54) is 23.1 Å². The van der Waals surface area contributed by atoms with Crippen LogP contribution >= 0.6 is 0 Å². The molecule has 0 amide bonds. The lowest BCUT2D eigenvalue weighted by Crippen LogP contribution is -2.57. The molecule has 2 unspecified atom stereocenters. The highest BCUT2D eigenvalue weighted by molar-refractivity contribution is 5.86. The number of fused-ring (bicyclic) bond motifs is 3. The van der Waals surface area contributed by atoms with Gasteiger partial charge in [0.05, 0.1) is 17.7 Å². The van der Waals surface area contributed by atoms with Crippen molar-refractivity contribution in [1.82, 2.24) is 4.98 Å². The average molecular weight is 268 g/mol. The van der Waals surface area contributed by atoms with Gasteiger partial charge in [0.25, 0.3) is 0 Å². The molecule has 3 heteroatoms. The molecular weight excluding hydrogens is 248 g/mol. The molecule has 104 valence electrons. The quantitative estimate of drug-likeness (QED) is 0.837. The maximum atomic E-state index is 5.72. The number of aromatic nitrogens is 1. The van der Waals surface area contributed by atoms with E-state index in [9.17, 15) is 0 Å². The van der Waals surface area contributed by atoms with Crippen LogP contribution in [0.3, 0.4) is 0 Å². The third-order valence-electron chi connectivity index (χ3n) is 4.51. The van der Waals surface area contributed by atoms with Crippen LogP contribution < -0.4 is 4.90 Å². The van der Waals surface area contributed by atoms with E-state index in [1.807, 2.05) is 0 Å². The van der Waals surface area contributed by atoms with Crippen LogP contribution in [0.5, 0.6) is 0 Å². The van der Waals surface area contributed by atoms with E-state index >= 15 is 0 Å². The van der Waals surface area contributed by atoms with Gasteiger partial charge in [0.2, 0.25) is 0 Å². The van der Waals surface area contributed by atoms with E-state index in [1.54, 1.807) is 0 Å². The number of hydrogen-bond acceptors (Lipinski definition) is 3. The highest BCUT2D eigenvalue weighted by atomic mass is 16.5. The average Bonchev–Trinajstić information content (AvgIpc) is 2.45. The van der Waals surface area contributed by atoms with Crippen LogP contribution in [0.15, 0.2) is 24.3 Å². The molecule has 5 rings (SSSR count). The van der Waals surface area contributed by atoms with E-state index in [2.05, 4.69) is 48.0 Å². The summed E-state index contributed by atoms with van der Waals surface area (Å²) in [4.78, 5) is 7.11. The van der Waals surface area contributed by atoms with Gasteiger partial charge in [-0.05, 0) is 43.2 Å². The predicted molar refractivity (Wildman–Crippen MR) is 81.3 cm³/mol. The summed E-state index contributed by atoms with van der Waals surface area (Å²) in [6.07, 6.45) is 3.19. The Hall–Kier alpha value is -1.61. The van der Waals surface area contributed by atoms with Crippen LogP contribution in [0.25, 0.3) is 10.9 Å². The second kappa shape index (κ2) is 4.45. The molecule has 1 aromatic carbocycles. The summed E-state index contributed by atoms with van der Waals surface area (Å²) in [6.45, 7) is 6.35. The number of ether oxygens (including phenoxy) is 1. The fraction of sp³-hybridized carbons (Fsp3) is 0.471. The van der Waals surface area contributed by atoms with E-state index in [0.29, 0.717) is 12.2 Å². The van der Waals surface area contributed by atoms with Crippen LogP contribution in [0, 0.1) is 6.92 Å². The first-order chi connectivity index (χ1) is 9.72. The Morgan fingerprint density at radius 1 is 1.25 bits per heavy atom. The SMILES string of the molecule is CCc1cc(C)nc2ccc(N3CC4CC(C3)O4)cc12. The number of aryl methyl sites for hydroxylation is 2. The van der Waals surface area contributed by atoms with Crippen molar-refractivity contribution in [2.24, 2.45) is 0 Å². The van der Waals surface area contributed by atoms with Crippen LogP contribution in [0.4, 0.5) is 5.69 Å². The Bertz CT molecular complexity index is 651. The molecule has 0 spiro atoms. The highest BCUT2D eigenvalue weighted by Gasteiger charge is 2.38. The number of nitrogens with zero attached hydrogens (tertiary/aromatic N) is 2. The number of benzene rings is 1. The monoisotopic (exact) mass is 268 g/mol. The molecule has 20 heavy (non-hydrogen) atoms. The minimum absolute atomic E-state index is 0.450. The number of hydrogen-bond donors (Lipinski definition) is 0. The highest BCUT2D eigenvalue weighted by Crippen LogP contribution is 2.33. The largest absolute Gasteiger partial charge is 0.371 e. The van der Waals surface area contributed by atoms with E-state index in [0.717, 1.165) is 30.7 Å². The molecule has 0 aliphatic carbocycles. The van der Waals surface area contributed by atoms with Gasteiger partial charge in [0.15, 0.2) is 0 Å². The number of rotatable bonds is 2. The molecule has 2 aromatic rings. The first-order valence-electron chi connectivity index (χ1n) is 7.53. The second-order valence-corrected chi connectivity index (χ2v) is 6.00. The third-order valence-corrected chi connectivity index (χ3v) is 4.51. The number of morpholine rings is 1. The summed E-state index contributed by atoms with van der Waals surface area (Å²) in [5.74, 6) is 0. The molecule has 3 nitrogen and oxygen atoms in total. The van der Waals surface area contributed by atoms with E-state index in [-0.39, 0.29) is 0 Å². The Balaban J connectivity index is 1.76. The Kier molecular flexibility index (Phi) is 2.71. The Morgan fingerprint density at radius 2 is 2.00 bits per heavy atom. The molecule has 3 aliphatic rings.